The number of aromatic nitrogens is 4. The van der Waals surface area contributed by atoms with Crippen LogP contribution in [0.4, 0.5) is 5.82 Å². The zero-order valence-corrected chi connectivity index (χ0v) is 20.5. The van der Waals surface area contributed by atoms with E-state index in [-0.39, 0.29) is 23.3 Å². The zero-order valence-electron chi connectivity index (χ0n) is 20.5. The van der Waals surface area contributed by atoms with Crippen LogP contribution in [-0.2, 0) is 4.79 Å². The summed E-state index contributed by atoms with van der Waals surface area (Å²) in [6.07, 6.45) is 1.14. The van der Waals surface area contributed by atoms with Gasteiger partial charge >= 0.3 is 0 Å². The molecule has 0 spiro atoms. The van der Waals surface area contributed by atoms with Gasteiger partial charge in [-0.05, 0) is 37.3 Å². The Hall–Kier alpha value is -4.52. The maximum Gasteiger partial charge on any atom is 0.209 e. The van der Waals surface area contributed by atoms with E-state index < -0.39 is 23.7 Å². The van der Waals surface area contributed by atoms with Crippen molar-refractivity contribution in [1.82, 2.24) is 19.5 Å². The number of Topliss-reactive ketones (excluding diaryl/α,β-unsaturated/α-hetero) is 1. The molecular weight excluding hydrogens is 482 g/mol. The predicted molar refractivity (Wildman–Crippen MR) is 141 cm³/mol. The Morgan fingerprint density at radius 1 is 1.08 bits per heavy atom. The number of carbonyl (C=O) groups excluding carboxylic acids is 1. The van der Waals surface area contributed by atoms with Crippen LogP contribution in [-0.4, -0.2) is 52.8 Å². The van der Waals surface area contributed by atoms with E-state index in [0.717, 1.165) is 5.56 Å². The molecule has 0 aliphatic heterocycles. The van der Waals surface area contributed by atoms with Crippen molar-refractivity contribution in [1.29, 1.82) is 0 Å². The normalized spacial score (nSPS) is 25.9. The Morgan fingerprint density at radius 2 is 1.79 bits per heavy atom. The molecule has 4 N–H and O–H groups in total. The number of carbonyl (C=O) groups is 1. The van der Waals surface area contributed by atoms with Crippen molar-refractivity contribution < 1.29 is 20.1 Å². The second kappa shape index (κ2) is 9.10. The van der Waals surface area contributed by atoms with Crippen LogP contribution in [0.15, 0.2) is 73.2 Å². The minimum absolute atomic E-state index is 0.00674. The van der Waals surface area contributed by atoms with Gasteiger partial charge in [0, 0.05) is 17.3 Å². The highest BCUT2D eigenvalue weighted by Crippen LogP contribution is 2.68. The van der Waals surface area contributed by atoms with Crippen LogP contribution in [0.5, 0.6) is 0 Å². The van der Waals surface area contributed by atoms with E-state index in [4.69, 9.17) is 0 Å². The van der Waals surface area contributed by atoms with Crippen LogP contribution < -0.4 is 5.32 Å². The number of hydrogen-bond acceptors (Lipinski definition) is 8. The summed E-state index contributed by atoms with van der Waals surface area (Å²) in [6.45, 7) is 1.46. The molecule has 0 radical (unpaired) electrons. The molecule has 190 valence electrons. The lowest BCUT2D eigenvalue weighted by Gasteiger charge is -2.23. The third-order valence-electron chi connectivity index (χ3n) is 7.58. The van der Waals surface area contributed by atoms with Crippen LogP contribution >= 0.6 is 0 Å². The smallest absolute Gasteiger partial charge is 0.209 e. The van der Waals surface area contributed by atoms with Gasteiger partial charge in [-0.3, -0.25) is 4.79 Å². The van der Waals surface area contributed by atoms with Crippen LogP contribution in [0, 0.1) is 23.2 Å². The van der Waals surface area contributed by atoms with Crippen LogP contribution in [0.1, 0.15) is 36.3 Å². The molecule has 5 atom stereocenters. The fraction of sp³-hybridized carbons (Fsp3) is 0.241. The Labute approximate surface area is 218 Å². The van der Waals surface area contributed by atoms with Crippen molar-refractivity contribution in [2.75, 3.05) is 5.32 Å². The molecule has 2 fully saturated rings. The highest BCUT2D eigenvalue weighted by molar-refractivity contribution is 5.88. The number of anilines is 1. The standard InChI is InChI=1S/C29H25N5O4/c1-17(35)29-14-20(29)24(25(37)26(29)38)34-16-31-23-27(30-15-21(36)19-10-6-3-7-11-19)32-22(33-28(23)34)13-12-18-8-4-2-5-9-18/h2-11,15-16,20,24-26,36-38H,14H2,1H3,(H,30,32,33)/b21-15-/t20?,24-,25+,26?,29+/m1/s1. The molecular formula is C29H25N5O4. The molecule has 4 aromatic rings. The van der Waals surface area contributed by atoms with Crippen molar-refractivity contribution >= 4 is 28.5 Å². The largest absolute Gasteiger partial charge is 0.506 e. The predicted octanol–water partition coefficient (Wildman–Crippen LogP) is 3.07. The molecule has 9 heteroatoms. The average molecular weight is 508 g/mol. The summed E-state index contributed by atoms with van der Waals surface area (Å²) < 4.78 is 1.70. The third kappa shape index (κ3) is 3.82. The summed E-state index contributed by atoms with van der Waals surface area (Å²) in [6, 6.07) is 17.9. The van der Waals surface area contributed by atoms with Crippen molar-refractivity contribution in [3.8, 4) is 11.8 Å². The van der Waals surface area contributed by atoms with E-state index in [1.807, 2.05) is 48.5 Å². The molecule has 2 aromatic heterocycles. The van der Waals surface area contributed by atoms with Gasteiger partial charge in [0.1, 0.15) is 17.6 Å². The first-order valence-electron chi connectivity index (χ1n) is 12.3. The maximum atomic E-state index is 12.4. The first-order chi connectivity index (χ1) is 18.4. The third-order valence-corrected chi connectivity index (χ3v) is 7.58. The van der Waals surface area contributed by atoms with E-state index in [0.29, 0.717) is 29.0 Å². The van der Waals surface area contributed by atoms with E-state index >= 15 is 0 Å². The highest BCUT2D eigenvalue weighted by Gasteiger charge is 2.74. The van der Waals surface area contributed by atoms with Gasteiger partial charge in [0.2, 0.25) is 5.82 Å². The van der Waals surface area contributed by atoms with Crippen molar-refractivity contribution in [3.63, 3.8) is 0 Å². The number of aliphatic hydroxyl groups is 3. The number of benzene rings is 2. The lowest BCUT2D eigenvalue weighted by molar-refractivity contribution is -0.128. The molecule has 2 heterocycles. The van der Waals surface area contributed by atoms with E-state index in [1.54, 1.807) is 16.7 Å². The van der Waals surface area contributed by atoms with Gasteiger partial charge in [0.05, 0.1) is 23.9 Å². The number of nitrogens with one attached hydrogen (secondary N) is 1. The molecule has 0 amide bonds. The number of rotatable bonds is 5. The van der Waals surface area contributed by atoms with Gasteiger partial charge in [-0.25, -0.2) is 15.0 Å². The number of hydrogen-bond donors (Lipinski definition) is 4. The van der Waals surface area contributed by atoms with Crippen molar-refractivity contribution in [3.05, 3.63) is 90.1 Å². The van der Waals surface area contributed by atoms with Gasteiger partial charge in [-0.1, -0.05) is 54.5 Å². The lowest BCUT2D eigenvalue weighted by atomic mass is 9.95. The number of imidazole rings is 1. The van der Waals surface area contributed by atoms with Crippen molar-refractivity contribution in [2.24, 2.45) is 11.3 Å². The van der Waals surface area contributed by atoms with Crippen LogP contribution in [0.2, 0.25) is 0 Å². The summed E-state index contributed by atoms with van der Waals surface area (Å²) >= 11 is 0. The molecule has 38 heavy (non-hydrogen) atoms. The fourth-order valence-electron chi connectivity index (χ4n) is 5.54. The summed E-state index contributed by atoms with van der Waals surface area (Å²) in [4.78, 5) is 26.0. The Morgan fingerprint density at radius 3 is 2.47 bits per heavy atom. The Kier molecular flexibility index (Phi) is 5.71. The summed E-state index contributed by atoms with van der Waals surface area (Å²) in [5, 5.41) is 35.2. The molecule has 2 aliphatic carbocycles. The number of aliphatic hydroxyl groups excluding tert-OH is 3. The monoisotopic (exact) mass is 507 g/mol. The average Bonchev–Trinajstić information content (AvgIpc) is 3.49. The second-order valence-corrected chi connectivity index (χ2v) is 9.71. The highest BCUT2D eigenvalue weighted by atomic mass is 16.3. The second-order valence-electron chi connectivity index (χ2n) is 9.71. The van der Waals surface area contributed by atoms with E-state index in [9.17, 15) is 20.1 Å². The summed E-state index contributed by atoms with van der Waals surface area (Å²) in [7, 11) is 0. The lowest BCUT2D eigenvalue weighted by Crippen LogP contribution is -2.36. The van der Waals surface area contributed by atoms with Gasteiger partial charge < -0.3 is 25.2 Å². The quantitative estimate of drug-likeness (QED) is 0.239. The molecule has 2 unspecified atom stereocenters. The molecule has 2 aromatic carbocycles. The summed E-state index contributed by atoms with van der Waals surface area (Å²) in [5.41, 5.74) is 1.27. The number of ketones is 1. The van der Waals surface area contributed by atoms with Gasteiger partial charge in [0.15, 0.2) is 17.0 Å². The number of fused-ring (bicyclic) bond motifs is 2. The Balaban J connectivity index is 1.43. The number of nitrogens with zero attached hydrogens (tertiary/aromatic N) is 4. The summed E-state index contributed by atoms with van der Waals surface area (Å²) in [5.74, 6) is 6.20. The van der Waals surface area contributed by atoms with Gasteiger partial charge in [0.25, 0.3) is 0 Å². The van der Waals surface area contributed by atoms with Crippen LogP contribution in [0.25, 0.3) is 16.9 Å². The molecule has 9 nitrogen and oxygen atoms in total. The first-order valence-corrected chi connectivity index (χ1v) is 12.3. The SMILES string of the molecule is CC(=O)[C@@]12CC1[C@@H](n1cnc3c(N/C=C(\O)c4ccccc4)nc(C#Cc4ccccc4)nc31)[C@H](O)C2O. The Bertz CT molecular complexity index is 1620. The van der Waals surface area contributed by atoms with Gasteiger partial charge in [-0.15, -0.1) is 0 Å². The molecule has 6 rings (SSSR count). The zero-order chi connectivity index (χ0) is 26.4. The first kappa shape index (κ1) is 23.9. The molecule has 2 aliphatic rings. The minimum atomic E-state index is -1.16. The van der Waals surface area contributed by atoms with Crippen LogP contribution in [0.3, 0.4) is 0 Å². The molecule has 0 bridgehead atoms. The molecule has 0 saturated heterocycles. The topological polar surface area (TPSA) is 133 Å². The molecule has 2 saturated carbocycles. The van der Waals surface area contributed by atoms with E-state index in [1.165, 1.54) is 19.5 Å². The maximum absolute atomic E-state index is 12.4. The fourth-order valence-corrected chi connectivity index (χ4v) is 5.54. The van der Waals surface area contributed by atoms with Crippen molar-refractivity contribution in [2.45, 2.75) is 31.6 Å². The van der Waals surface area contributed by atoms with Gasteiger partial charge in [-0.2, -0.15) is 0 Å². The minimum Gasteiger partial charge on any atom is -0.506 e. The van der Waals surface area contributed by atoms with E-state index in [2.05, 4.69) is 32.1 Å².